The number of rotatable bonds is 4. The van der Waals surface area contributed by atoms with Gasteiger partial charge in [-0.05, 0) is 52.9 Å². The lowest BCUT2D eigenvalue weighted by atomic mass is 10.0. The Morgan fingerprint density at radius 3 is 1.97 bits per heavy atom. The minimum atomic E-state index is 0.384. The van der Waals surface area contributed by atoms with Gasteiger partial charge in [-0.25, -0.2) is 9.97 Å². The van der Waals surface area contributed by atoms with E-state index in [1.807, 2.05) is 0 Å². The lowest BCUT2D eigenvalue weighted by molar-refractivity contribution is 0.799. The van der Waals surface area contributed by atoms with Gasteiger partial charge in [-0.2, -0.15) is 0 Å². The van der Waals surface area contributed by atoms with Crippen molar-refractivity contribution in [3.63, 3.8) is 0 Å². The SMILES string of the molecule is CC(C)c1cccc(-c2nc3ccc(-c4ccc5nc(C(C)C)[nH]c5c4)cc3[nH]2)c1. The fraction of sp³-hybridized carbons (Fsp3) is 0.231. The van der Waals surface area contributed by atoms with Crippen LogP contribution in [-0.4, -0.2) is 19.9 Å². The summed E-state index contributed by atoms with van der Waals surface area (Å²) in [6, 6.07) is 21.4. The second-order valence-electron chi connectivity index (χ2n) is 8.61. The van der Waals surface area contributed by atoms with Gasteiger partial charge in [-0.15, -0.1) is 0 Å². The molecule has 30 heavy (non-hydrogen) atoms. The van der Waals surface area contributed by atoms with Crippen LogP contribution in [0.25, 0.3) is 44.6 Å². The van der Waals surface area contributed by atoms with Gasteiger partial charge >= 0.3 is 0 Å². The molecule has 0 saturated heterocycles. The maximum atomic E-state index is 4.82. The van der Waals surface area contributed by atoms with E-state index < -0.39 is 0 Å². The van der Waals surface area contributed by atoms with Gasteiger partial charge in [0.1, 0.15) is 11.6 Å². The number of hydrogen-bond acceptors (Lipinski definition) is 2. The van der Waals surface area contributed by atoms with Crippen molar-refractivity contribution in [2.45, 2.75) is 39.5 Å². The second kappa shape index (κ2) is 7.13. The summed E-state index contributed by atoms with van der Waals surface area (Å²) in [5.41, 5.74) is 8.89. The summed E-state index contributed by atoms with van der Waals surface area (Å²) in [5.74, 6) is 2.82. The van der Waals surface area contributed by atoms with E-state index in [9.17, 15) is 0 Å². The summed E-state index contributed by atoms with van der Waals surface area (Å²) in [7, 11) is 0. The van der Waals surface area contributed by atoms with Crippen LogP contribution in [0.5, 0.6) is 0 Å². The van der Waals surface area contributed by atoms with Crippen molar-refractivity contribution >= 4 is 22.1 Å². The van der Waals surface area contributed by atoms with Crippen LogP contribution in [0.3, 0.4) is 0 Å². The van der Waals surface area contributed by atoms with Gasteiger partial charge in [0, 0.05) is 11.5 Å². The predicted molar refractivity (Wildman–Crippen MR) is 125 cm³/mol. The molecule has 0 aliphatic carbocycles. The van der Waals surface area contributed by atoms with Crippen LogP contribution in [-0.2, 0) is 0 Å². The number of fused-ring (bicyclic) bond motifs is 2. The molecule has 0 radical (unpaired) electrons. The van der Waals surface area contributed by atoms with Crippen molar-refractivity contribution in [3.05, 3.63) is 72.1 Å². The van der Waals surface area contributed by atoms with E-state index in [1.165, 1.54) is 11.1 Å². The highest BCUT2D eigenvalue weighted by atomic mass is 14.9. The average molecular weight is 395 g/mol. The highest BCUT2D eigenvalue weighted by molar-refractivity contribution is 5.87. The normalized spacial score (nSPS) is 11.9. The zero-order chi connectivity index (χ0) is 20.8. The van der Waals surface area contributed by atoms with Crippen LogP contribution in [0.2, 0.25) is 0 Å². The molecule has 0 aliphatic heterocycles. The lowest BCUT2D eigenvalue weighted by Crippen LogP contribution is -1.88. The van der Waals surface area contributed by atoms with Crippen molar-refractivity contribution < 1.29 is 0 Å². The highest BCUT2D eigenvalue weighted by Crippen LogP contribution is 2.29. The molecule has 0 amide bonds. The molecule has 5 rings (SSSR count). The number of imidazole rings is 2. The molecular formula is C26H26N4. The minimum absolute atomic E-state index is 0.384. The number of aromatic amines is 2. The number of hydrogen-bond donors (Lipinski definition) is 2. The quantitative estimate of drug-likeness (QED) is 0.344. The summed E-state index contributed by atoms with van der Waals surface area (Å²) in [5, 5.41) is 0. The number of nitrogens with zero attached hydrogens (tertiary/aromatic N) is 2. The summed E-state index contributed by atoms with van der Waals surface area (Å²) >= 11 is 0. The van der Waals surface area contributed by atoms with Crippen molar-refractivity contribution in [2.75, 3.05) is 0 Å². The summed E-state index contributed by atoms with van der Waals surface area (Å²) in [4.78, 5) is 16.5. The Labute approximate surface area is 176 Å². The Morgan fingerprint density at radius 2 is 1.30 bits per heavy atom. The van der Waals surface area contributed by atoms with Gasteiger partial charge in [0.2, 0.25) is 0 Å². The molecule has 4 nitrogen and oxygen atoms in total. The molecule has 5 aromatic rings. The van der Waals surface area contributed by atoms with Gasteiger partial charge < -0.3 is 9.97 Å². The molecule has 0 spiro atoms. The molecule has 150 valence electrons. The van der Waals surface area contributed by atoms with Gasteiger partial charge in [0.05, 0.1) is 22.1 Å². The van der Waals surface area contributed by atoms with Crippen molar-refractivity contribution in [1.29, 1.82) is 0 Å². The third-order valence-corrected chi connectivity index (χ3v) is 5.69. The van der Waals surface area contributed by atoms with E-state index in [-0.39, 0.29) is 0 Å². The number of benzene rings is 3. The number of aromatic nitrogens is 4. The topological polar surface area (TPSA) is 57.4 Å². The van der Waals surface area contributed by atoms with Gasteiger partial charge in [0.25, 0.3) is 0 Å². The average Bonchev–Trinajstić information content (AvgIpc) is 3.37. The minimum Gasteiger partial charge on any atom is -0.342 e. The Hall–Kier alpha value is -3.40. The molecule has 0 bridgehead atoms. The van der Waals surface area contributed by atoms with Crippen LogP contribution >= 0.6 is 0 Å². The van der Waals surface area contributed by atoms with Crippen LogP contribution in [0.1, 0.15) is 50.9 Å². The van der Waals surface area contributed by atoms with Crippen LogP contribution < -0.4 is 0 Å². The Bertz CT molecular complexity index is 1350. The smallest absolute Gasteiger partial charge is 0.138 e. The molecule has 0 atom stereocenters. The molecule has 2 heterocycles. The standard InChI is InChI=1S/C26H26N4/c1-15(2)17-6-5-7-20(12-17)26-28-22-11-9-19(14-24(22)30-26)18-8-10-21-23(13-18)29-25(27-21)16(3)4/h5-16H,1-4H3,(H,27,29)(H,28,30). The first-order valence-corrected chi connectivity index (χ1v) is 10.6. The third-order valence-electron chi connectivity index (χ3n) is 5.69. The van der Waals surface area contributed by atoms with Crippen molar-refractivity contribution in [1.82, 2.24) is 19.9 Å². The maximum absolute atomic E-state index is 4.82. The molecular weight excluding hydrogens is 368 g/mol. The Morgan fingerprint density at radius 1 is 0.633 bits per heavy atom. The molecule has 0 fully saturated rings. The van der Waals surface area contributed by atoms with Crippen LogP contribution in [0.15, 0.2) is 60.7 Å². The summed E-state index contributed by atoms with van der Waals surface area (Å²) in [6.45, 7) is 8.73. The van der Waals surface area contributed by atoms with E-state index >= 15 is 0 Å². The first-order valence-electron chi connectivity index (χ1n) is 10.6. The fourth-order valence-corrected chi connectivity index (χ4v) is 3.85. The van der Waals surface area contributed by atoms with Crippen LogP contribution in [0, 0.1) is 0 Å². The molecule has 4 heteroatoms. The van der Waals surface area contributed by atoms with E-state index in [2.05, 4.69) is 103 Å². The fourth-order valence-electron chi connectivity index (χ4n) is 3.85. The third kappa shape index (κ3) is 3.28. The maximum Gasteiger partial charge on any atom is 0.138 e. The molecule has 0 saturated carbocycles. The molecule has 0 aliphatic rings. The van der Waals surface area contributed by atoms with Gasteiger partial charge in [-0.3, -0.25) is 0 Å². The molecule has 2 N–H and O–H groups in total. The van der Waals surface area contributed by atoms with E-state index in [1.54, 1.807) is 0 Å². The summed E-state index contributed by atoms with van der Waals surface area (Å²) in [6.07, 6.45) is 0. The first kappa shape index (κ1) is 18.6. The molecule has 0 unspecified atom stereocenters. The highest BCUT2D eigenvalue weighted by Gasteiger charge is 2.11. The second-order valence-corrected chi connectivity index (χ2v) is 8.61. The lowest BCUT2D eigenvalue weighted by Gasteiger charge is -2.06. The number of H-pyrrole nitrogens is 2. The molecule has 3 aromatic carbocycles. The van der Waals surface area contributed by atoms with Crippen molar-refractivity contribution in [3.8, 4) is 22.5 Å². The van der Waals surface area contributed by atoms with E-state index in [0.29, 0.717) is 11.8 Å². The summed E-state index contributed by atoms with van der Waals surface area (Å²) < 4.78 is 0. The largest absolute Gasteiger partial charge is 0.342 e. The van der Waals surface area contributed by atoms with Crippen LogP contribution in [0.4, 0.5) is 0 Å². The molecule has 2 aromatic heterocycles. The van der Waals surface area contributed by atoms with E-state index in [0.717, 1.165) is 44.8 Å². The zero-order valence-corrected chi connectivity index (χ0v) is 17.8. The Balaban J connectivity index is 1.54. The van der Waals surface area contributed by atoms with Gasteiger partial charge in [0.15, 0.2) is 0 Å². The van der Waals surface area contributed by atoms with Gasteiger partial charge in [-0.1, -0.05) is 58.0 Å². The monoisotopic (exact) mass is 394 g/mol. The Kier molecular flexibility index (Phi) is 4.43. The number of nitrogens with one attached hydrogen (secondary N) is 2. The zero-order valence-electron chi connectivity index (χ0n) is 17.8. The predicted octanol–water partition coefficient (Wildman–Crippen LogP) is 7.02. The van der Waals surface area contributed by atoms with Crippen molar-refractivity contribution in [2.24, 2.45) is 0 Å². The van der Waals surface area contributed by atoms with E-state index in [4.69, 9.17) is 4.98 Å². The first-order chi connectivity index (χ1) is 14.5.